The molecule has 1 aromatic heterocycles. The first-order valence-corrected chi connectivity index (χ1v) is 8.80. The number of rotatable bonds is 3. The Labute approximate surface area is 136 Å². The smallest absolute Gasteiger partial charge is 0.250 e. The van der Waals surface area contributed by atoms with Gasteiger partial charge in [0.2, 0.25) is 5.91 Å². The molecular formula is C18H24N2O3. The Kier molecular flexibility index (Phi) is 3.97. The Morgan fingerprint density at radius 2 is 2.00 bits per heavy atom. The predicted molar refractivity (Wildman–Crippen MR) is 86.3 cm³/mol. The Bertz CT molecular complexity index is 657. The lowest BCUT2D eigenvalue weighted by molar-refractivity contribution is -0.135. The molecule has 124 valence electrons. The van der Waals surface area contributed by atoms with Gasteiger partial charge >= 0.3 is 0 Å². The fraction of sp³-hybridized carbons (Fsp3) is 0.667. The summed E-state index contributed by atoms with van der Waals surface area (Å²) in [5.74, 6) is 0.937. The van der Waals surface area contributed by atoms with Crippen molar-refractivity contribution in [3.8, 4) is 0 Å². The van der Waals surface area contributed by atoms with Crippen molar-refractivity contribution >= 4 is 5.91 Å². The highest BCUT2D eigenvalue weighted by Crippen LogP contribution is 2.31. The average molecular weight is 316 g/mol. The van der Waals surface area contributed by atoms with Crippen LogP contribution in [-0.4, -0.2) is 41.7 Å². The zero-order valence-corrected chi connectivity index (χ0v) is 13.5. The van der Waals surface area contributed by atoms with Crippen LogP contribution in [0, 0.1) is 11.8 Å². The van der Waals surface area contributed by atoms with E-state index in [9.17, 15) is 9.59 Å². The second-order valence-corrected chi connectivity index (χ2v) is 7.08. The number of pyridine rings is 1. The second-order valence-electron chi connectivity index (χ2n) is 7.08. The molecule has 3 heterocycles. The van der Waals surface area contributed by atoms with E-state index in [1.165, 1.54) is 18.4 Å². The molecule has 0 aromatic carbocycles. The highest BCUT2D eigenvalue weighted by molar-refractivity contribution is 5.79. The molecule has 3 aliphatic rings. The van der Waals surface area contributed by atoms with Crippen molar-refractivity contribution in [3.05, 3.63) is 33.7 Å². The molecule has 1 saturated carbocycles. The van der Waals surface area contributed by atoms with E-state index in [4.69, 9.17) is 4.74 Å². The molecule has 1 unspecified atom stereocenters. The number of amides is 1. The van der Waals surface area contributed by atoms with Gasteiger partial charge in [0.1, 0.15) is 0 Å². The Morgan fingerprint density at radius 1 is 1.17 bits per heavy atom. The zero-order chi connectivity index (χ0) is 15.8. The third kappa shape index (κ3) is 3.07. The van der Waals surface area contributed by atoms with Crippen LogP contribution in [0.2, 0.25) is 0 Å². The summed E-state index contributed by atoms with van der Waals surface area (Å²) in [5, 5.41) is 0. The number of aromatic nitrogens is 1. The summed E-state index contributed by atoms with van der Waals surface area (Å²) in [5.41, 5.74) is 2.50. The van der Waals surface area contributed by atoms with Gasteiger partial charge in [-0.15, -0.1) is 0 Å². The van der Waals surface area contributed by atoms with Gasteiger partial charge in [0.25, 0.3) is 5.56 Å². The van der Waals surface area contributed by atoms with E-state index in [0.717, 1.165) is 44.6 Å². The van der Waals surface area contributed by atoms with Gasteiger partial charge < -0.3 is 14.2 Å². The third-order valence-electron chi connectivity index (χ3n) is 5.39. The Morgan fingerprint density at radius 3 is 2.74 bits per heavy atom. The van der Waals surface area contributed by atoms with Gasteiger partial charge in [-0.1, -0.05) is 6.07 Å². The summed E-state index contributed by atoms with van der Waals surface area (Å²) in [6.07, 6.45) is 4.95. The van der Waals surface area contributed by atoms with Crippen LogP contribution in [0.3, 0.4) is 0 Å². The number of carbonyl (C=O) groups is 1. The standard InChI is InChI=1S/C18H24N2O3/c21-17-4-3-14-5-8-19(18(22)15-7-10-23-12-15)9-6-16(14)20(17)11-13-1-2-13/h3-4,13,15H,1-2,5-12H2. The molecule has 2 fully saturated rings. The van der Waals surface area contributed by atoms with Crippen molar-refractivity contribution in [3.63, 3.8) is 0 Å². The summed E-state index contributed by atoms with van der Waals surface area (Å²) in [4.78, 5) is 26.9. The molecule has 1 amide bonds. The van der Waals surface area contributed by atoms with Crippen LogP contribution in [0.4, 0.5) is 0 Å². The first kappa shape index (κ1) is 14.9. The third-order valence-corrected chi connectivity index (χ3v) is 5.39. The summed E-state index contributed by atoms with van der Waals surface area (Å²) < 4.78 is 7.33. The topological polar surface area (TPSA) is 51.5 Å². The second kappa shape index (κ2) is 6.11. The highest BCUT2D eigenvalue weighted by atomic mass is 16.5. The molecule has 0 spiro atoms. The lowest BCUT2D eigenvalue weighted by Gasteiger charge is -2.23. The highest BCUT2D eigenvalue weighted by Gasteiger charge is 2.30. The van der Waals surface area contributed by atoms with Crippen LogP contribution in [0.25, 0.3) is 0 Å². The molecule has 4 rings (SSSR count). The lowest BCUT2D eigenvalue weighted by Crippen LogP contribution is -2.38. The van der Waals surface area contributed by atoms with Crippen molar-refractivity contribution < 1.29 is 9.53 Å². The molecule has 0 radical (unpaired) electrons. The number of nitrogens with zero attached hydrogens (tertiary/aromatic N) is 2. The van der Waals surface area contributed by atoms with Crippen LogP contribution in [0.1, 0.15) is 30.5 Å². The summed E-state index contributed by atoms with van der Waals surface area (Å²) in [6.45, 7) is 3.59. The number of carbonyl (C=O) groups excluding carboxylic acids is 1. The summed E-state index contributed by atoms with van der Waals surface area (Å²) >= 11 is 0. The quantitative estimate of drug-likeness (QED) is 0.842. The number of fused-ring (bicyclic) bond motifs is 1. The van der Waals surface area contributed by atoms with Crippen molar-refractivity contribution in [2.24, 2.45) is 11.8 Å². The normalized spacial score (nSPS) is 24.3. The molecular weight excluding hydrogens is 292 g/mol. The maximum Gasteiger partial charge on any atom is 0.250 e. The van der Waals surface area contributed by atoms with Gasteiger partial charge in [-0.25, -0.2) is 0 Å². The molecule has 1 saturated heterocycles. The Hall–Kier alpha value is -1.62. The van der Waals surface area contributed by atoms with Gasteiger partial charge in [0.15, 0.2) is 0 Å². The minimum atomic E-state index is 0.0323. The molecule has 0 N–H and O–H groups in total. The van der Waals surface area contributed by atoms with Crippen LogP contribution in [0.5, 0.6) is 0 Å². The monoisotopic (exact) mass is 316 g/mol. The zero-order valence-electron chi connectivity index (χ0n) is 13.5. The van der Waals surface area contributed by atoms with Gasteiger partial charge in [-0.05, 0) is 37.2 Å². The first-order valence-electron chi connectivity index (χ1n) is 8.80. The van der Waals surface area contributed by atoms with Crippen molar-refractivity contribution in [2.75, 3.05) is 26.3 Å². The largest absolute Gasteiger partial charge is 0.381 e. The number of hydrogen-bond acceptors (Lipinski definition) is 3. The summed E-state index contributed by atoms with van der Waals surface area (Å²) in [7, 11) is 0. The minimum Gasteiger partial charge on any atom is -0.381 e. The number of hydrogen-bond donors (Lipinski definition) is 0. The average Bonchev–Trinajstić information content (AvgIpc) is 3.26. The fourth-order valence-electron chi connectivity index (χ4n) is 3.76. The van der Waals surface area contributed by atoms with Crippen LogP contribution < -0.4 is 5.56 Å². The van der Waals surface area contributed by atoms with E-state index in [2.05, 4.69) is 0 Å². The molecule has 5 heteroatoms. The Balaban J connectivity index is 1.53. The molecule has 23 heavy (non-hydrogen) atoms. The van der Waals surface area contributed by atoms with Crippen LogP contribution in [0.15, 0.2) is 16.9 Å². The van der Waals surface area contributed by atoms with Gasteiger partial charge in [0, 0.05) is 44.4 Å². The molecule has 2 aliphatic heterocycles. The number of ether oxygens (including phenoxy) is 1. The predicted octanol–water partition coefficient (Wildman–Crippen LogP) is 1.22. The molecule has 5 nitrogen and oxygen atoms in total. The minimum absolute atomic E-state index is 0.0323. The molecule has 1 atom stereocenters. The van der Waals surface area contributed by atoms with E-state index in [0.29, 0.717) is 19.1 Å². The lowest BCUT2D eigenvalue weighted by atomic mass is 10.1. The van der Waals surface area contributed by atoms with E-state index in [-0.39, 0.29) is 17.4 Å². The maximum absolute atomic E-state index is 12.6. The molecule has 0 bridgehead atoms. The van der Waals surface area contributed by atoms with E-state index >= 15 is 0 Å². The van der Waals surface area contributed by atoms with E-state index in [1.807, 2.05) is 15.5 Å². The van der Waals surface area contributed by atoms with Crippen molar-refractivity contribution in [1.29, 1.82) is 0 Å². The van der Waals surface area contributed by atoms with Crippen molar-refractivity contribution in [2.45, 2.75) is 38.6 Å². The maximum atomic E-state index is 12.6. The van der Waals surface area contributed by atoms with Crippen molar-refractivity contribution in [1.82, 2.24) is 9.47 Å². The van der Waals surface area contributed by atoms with Crippen LogP contribution in [-0.2, 0) is 28.9 Å². The van der Waals surface area contributed by atoms with E-state index < -0.39 is 0 Å². The SMILES string of the molecule is O=C(C1CCOC1)N1CCc2ccc(=O)n(CC3CC3)c2CC1. The van der Waals surface area contributed by atoms with E-state index in [1.54, 1.807) is 6.07 Å². The van der Waals surface area contributed by atoms with Gasteiger partial charge in [-0.2, -0.15) is 0 Å². The summed E-state index contributed by atoms with van der Waals surface area (Å²) in [6, 6.07) is 3.66. The van der Waals surface area contributed by atoms with Crippen LogP contribution >= 0.6 is 0 Å². The fourth-order valence-corrected chi connectivity index (χ4v) is 3.76. The van der Waals surface area contributed by atoms with Gasteiger partial charge in [0.05, 0.1) is 12.5 Å². The first-order chi connectivity index (χ1) is 11.2. The molecule has 1 aromatic rings. The van der Waals surface area contributed by atoms with Gasteiger partial charge in [-0.3, -0.25) is 9.59 Å². The molecule has 1 aliphatic carbocycles.